The Labute approximate surface area is 150 Å². The first-order chi connectivity index (χ1) is 12.1. The highest BCUT2D eigenvalue weighted by molar-refractivity contribution is 7.99. The first-order valence-corrected chi connectivity index (χ1v) is 9.04. The molecule has 3 rings (SSSR count). The van der Waals surface area contributed by atoms with Crippen molar-refractivity contribution in [2.75, 3.05) is 23.8 Å². The first kappa shape index (κ1) is 17.5. The van der Waals surface area contributed by atoms with Gasteiger partial charge in [0, 0.05) is 22.9 Å². The Bertz CT molecular complexity index is 764. The summed E-state index contributed by atoms with van der Waals surface area (Å²) >= 11 is 1.44. The molecule has 6 heteroatoms. The van der Waals surface area contributed by atoms with Crippen molar-refractivity contribution in [1.82, 2.24) is 0 Å². The van der Waals surface area contributed by atoms with E-state index >= 15 is 0 Å². The van der Waals surface area contributed by atoms with Crippen molar-refractivity contribution in [3.63, 3.8) is 0 Å². The average molecular weight is 359 g/mol. The highest BCUT2D eigenvalue weighted by Crippen LogP contribution is 2.27. The van der Waals surface area contributed by atoms with Crippen LogP contribution >= 0.6 is 11.8 Å². The fourth-order valence-corrected chi connectivity index (χ4v) is 3.51. The number of carbonyl (C=O) groups excluding carboxylic acids is 2. The van der Waals surface area contributed by atoms with E-state index in [4.69, 9.17) is 4.74 Å². The van der Waals surface area contributed by atoms with E-state index in [0.29, 0.717) is 12.3 Å². The van der Waals surface area contributed by atoms with Gasteiger partial charge in [0.15, 0.2) is 6.61 Å². The number of amides is 1. The van der Waals surface area contributed by atoms with Gasteiger partial charge in [-0.05, 0) is 42.3 Å². The molecule has 0 fully saturated rings. The molecule has 0 atom stereocenters. The number of rotatable bonds is 6. The van der Waals surface area contributed by atoms with Crippen molar-refractivity contribution in [1.29, 1.82) is 0 Å². The van der Waals surface area contributed by atoms with Gasteiger partial charge in [-0.15, -0.1) is 11.8 Å². The number of nitrogens with zero attached hydrogens (tertiary/aromatic N) is 1. The summed E-state index contributed by atoms with van der Waals surface area (Å²) in [6, 6.07) is 13.8. The van der Waals surface area contributed by atoms with Gasteiger partial charge in [-0.25, -0.2) is 4.39 Å². The van der Waals surface area contributed by atoms with Crippen LogP contribution in [-0.2, 0) is 20.7 Å². The standard InChI is InChI=1S/C19H18FNO3S/c20-15-5-7-16(8-6-15)25-12-10-19(23)24-13-18(22)21-11-9-14-3-1-2-4-17(14)21/h1-8H,9-13H2. The smallest absolute Gasteiger partial charge is 0.307 e. The molecule has 1 heterocycles. The lowest BCUT2D eigenvalue weighted by Crippen LogP contribution is -2.33. The van der Waals surface area contributed by atoms with Crippen molar-refractivity contribution in [3.8, 4) is 0 Å². The van der Waals surface area contributed by atoms with E-state index in [1.54, 1.807) is 17.0 Å². The van der Waals surface area contributed by atoms with E-state index in [-0.39, 0.29) is 24.8 Å². The lowest BCUT2D eigenvalue weighted by molar-refractivity contribution is -0.147. The minimum atomic E-state index is -0.407. The van der Waals surface area contributed by atoms with Crippen LogP contribution in [0.15, 0.2) is 53.4 Å². The molecule has 0 bridgehead atoms. The summed E-state index contributed by atoms with van der Waals surface area (Å²) in [5, 5.41) is 0. The minimum Gasteiger partial charge on any atom is -0.456 e. The number of para-hydroxylation sites is 1. The van der Waals surface area contributed by atoms with Gasteiger partial charge in [0.1, 0.15) is 5.82 Å². The Hall–Kier alpha value is -2.34. The topological polar surface area (TPSA) is 46.6 Å². The van der Waals surface area contributed by atoms with Crippen LogP contribution in [0, 0.1) is 5.82 Å². The van der Waals surface area contributed by atoms with Crippen LogP contribution in [0.1, 0.15) is 12.0 Å². The third kappa shape index (κ3) is 4.60. The molecule has 0 N–H and O–H groups in total. The molecule has 0 aromatic heterocycles. The number of anilines is 1. The summed E-state index contributed by atoms with van der Waals surface area (Å²) < 4.78 is 17.9. The highest BCUT2D eigenvalue weighted by Gasteiger charge is 2.24. The van der Waals surface area contributed by atoms with Gasteiger partial charge in [-0.2, -0.15) is 0 Å². The highest BCUT2D eigenvalue weighted by atomic mass is 32.2. The Balaban J connectivity index is 1.40. The number of carbonyl (C=O) groups is 2. The molecule has 2 aromatic carbocycles. The summed E-state index contributed by atoms with van der Waals surface area (Å²) in [4.78, 5) is 26.6. The third-order valence-electron chi connectivity index (χ3n) is 3.93. The van der Waals surface area contributed by atoms with Crippen LogP contribution in [0.25, 0.3) is 0 Å². The quantitative estimate of drug-likeness (QED) is 0.586. The second-order valence-corrected chi connectivity index (χ2v) is 6.81. The number of thioether (sulfide) groups is 1. The molecule has 1 aliphatic heterocycles. The summed E-state index contributed by atoms with van der Waals surface area (Å²) in [6.07, 6.45) is 1.02. The molecule has 0 aliphatic carbocycles. The fraction of sp³-hybridized carbons (Fsp3) is 0.263. The number of halogens is 1. The van der Waals surface area contributed by atoms with Crippen LogP contribution in [0.5, 0.6) is 0 Å². The second-order valence-electron chi connectivity index (χ2n) is 5.64. The van der Waals surface area contributed by atoms with Gasteiger partial charge in [0.05, 0.1) is 6.42 Å². The maximum absolute atomic E-state index is 12.8. The number of esters is 1. The predicted octanol–water partition coefficient (Wildman–Crippen LogP) is 3.44. The van der Waals surface area contributed by atoms with E-state index in [1.165, 1.54) is 23.9 Å². The molecule has 4 nitrogen and oxygen atoms in total. The van der Waals surface area contributed by atoms with Gasteiger partial charge in [0.25, 0.3) is 5.91 Å². The molecule has 0 saturated heterocycles. The zero-order valence-corrected chi connectivity index (χ0v) is 14.4. The number of ether oxygens (including phenoxy) is 1. The number of fused-ring (bicyclic) bond motifs is 1. The molecule has 1 aliphatic rings. The normalized spacial score (nSPS) is 12.8. The summed E-state index contributed by atoms with van der Waals surface area (Å²) in [6.45, 7) is 0.379. The summed E-state index contributed by atoms with van der Waals surface area (Å²) in [5.41, 5.74) is 2.04. The van der Waals surface area contributed by atoms with Crippen molar-refractivity contribution < 1.29 is 18.7 Å². The molecule has 0 radical (unpaired) electrons. The molecule has 0 spiro atoms. The van der Waals surface area contributed by atoms with E-state index < -0.39 is 5.97 Å². The number of hydrogen-bond acceptors (Lipinski definition) is 4. The summed E-state index contributed by atoms with van der Waals surface area (Å²) in [7, 11) is 0. The summed E-state index contributed by atoms with van der Waals surface area (Å²) in [5.74, 6) is -0.378. The fourth-order valence-electron chi connectivity index (χ4n) is 2.67. The third-order valence-corrected chi connectivity index (χ3v) is 4.95. The van der Waals surface area contributed by atoms with Gasteiger partial charge < -0.3 is 9.64 Å². The molecular weight excluding hydrogens is 341 g/mol. The second kappa shape index (κ2) is 8.16. The van der Waals surface area contributed by atoms with Gasteiger partial charge in [-0.1, -0.05) is 18.2 Å². The largest absolute Gasteiger partial charge is 0.456 e. The van der Waals surface area contributed by atoms with Crippen molar-refractivity contribution >= 4 is 29.3 Å². The molecular formula is C19H18FNO3S. The molecule has 25 heavy (non-hydrogen) atoms. The van der Waals surface area contributed by atoms with Crippen LogP contribution < -0.4 is 4.90 Å². The molecule has 0 unspecified atom stereocenters. The predicted molar refractivity (Wildman–Crippen MR) is 95.2 cm³/mol. The van der Waals surface area contributed by atoms with Gasteiger partial charge >= 0.3 is 5.97 Å². The van der Waals surface area contributed by atoms with Crippen LogP contribution in [0.2, 0.25) is 0 Å². The molecule has 2 aromatic rings. The molecule has 1 amide bonds. The van der Waals surface area contributed by atoms with E-state index in [1.807, 2.05) is 24.3 Å². The zero-order valence-electron chi connectivity index (χ0n) is 13.6. The Morgan fingerprint density at radius 3 is 2.68 bits per heavy atom. The van der Waals surface area contributed by atoms with Gasteiger partial charge in [0.2, 0.25) is 0 Å². The van der Waals surface area contributed by atoms with Crippen molar-refractivity contribution in [2.45, 2.75) is 17.7 Å². The van der Waals surface area contributed by atoms with Gasteiger partial charge in [-0.3, -0.25) is 9.59 Å². The first-order valence-electron chi connectivity index (χ1n) is 8.06. The monoisotopic (exact) mass is 359 g/mol. The molecule has 130 valence electrons. The Kier molecular flexibility index (Phi) is 5.71. The van der Waals surface area contributed by atoms with E-state index in [0.717, 1.165) is 22.6 Å². The van der Waals surface area contributed by atoms with Crippen molar-refractivity contribution in [2.24, 2.45) is 0 Å². The van der Waals surface area contributed by atoms with Crippen molar-refractivity contribution in [3.05, 3.63) is 59.9 Å². The van der Waals surface area contributed by atoms with Crippen LogP contribution in [0.4, 0.5) is 10.1 Å². The van der Waals surface area contributed by atoms with E-state index in [9.17, 15) is 14.0 Å². The van der Waals surface area contributed by atoms with Crippen LogP contribution in [0.3, 0.4) is 0 Å². The zero-order chi connectivity index (χ0) is 17.6. The minimum absolute atomic E-state index is 0.200. The molecule has 0 saturated carbocycles. The lowest BCUT2D eigenvalue weighted by atomic mass is 10.2. The average Bonchev–Trinajstić information content (AvgIpc) is 3.05. The lowest BCUT2D eigenvalue weighted by Gasteiger charge is -2.17. The number of hydrogen-bond donors (Lipinski definition) is 0. The maximum Gasteiger partial charge on any atom is 0.307 e. The SMILES string of the molecule is O=C(CCSc1ccc(F)cc1)OCC(=O)N1CCc2ccccc21. The Morgan fingerprint density at radius 1 is 1.12 bits per heavy atom. The number of benzene rings is 2. The van der Waals surface area contributed by atoms with E-state index in [2.05, 4.69) is 0 Å². The van der Waals surface area contributed by atoms with Crippen LogP contribution in [-0.4, -0.2) is 30.8 Å². The maximum atomic E-state index is 12.8. The Morgan fingerprint density at radius 2 is 1.88 bits per heavy atom.